The zero-order valence-corrected chi connectivity index (χ0v) is 10.6. The molecule has 0 spiro atoms. The van der Waals surface area contributed by atoms with Crippen molar-refractivity contribution in [2.75, 3.05) is 19.8 Å². The lowest BCUT2D eigenvalue weighted by atomic mass is 10.3. The molecule has 0 aliphatic carbocycles. The van der Waals surface area contributed by atoms with Gasteiger partial charge in [0.25, 0.3) is 0 Å². The van der Waals surface area contributed by atoms with Gasteiger partial charge in [-0.2, -0.15) is 4.39 Å². The minimum atomic E-state index is -0.443. The van der Waals surface area contributed by atoms with Crippen LogP contribution in [0.15, 0.2) is 23.3 Å². The van der Waals surface area contributed by atoms with Crippen molar-refractivity contribution in [2.45, 2.75) is 13.5 Å². The Labute approximate surface area is 99.8 Å². The molecular formula is C11H16FN3S. The molecule has 1 aromatic heterocycles. The Hall–Kier alpha value is -1.10. The van der Waals surface area contributed by atoms with E-state index in [1.807, 2.05) is 6.26 Å². The van der Waals surface area contributed by atoms with Gasteiger partial charge in [0.05, 0.1) is 0 Å². The summed E-state index contributed by atoms with van der Waals surface area (Å²) < 4.78 is 12.6. The first-order valence-corrected chi connectivity index (χ1v) is 6.29. The van der Waals surface area contributed by atoms with Crippen LogP contribution in [-0.4, -0.2) is 34.9 Å². The van der Waals surface area contributed by atoms with Gasteiger partial charge in [-0.1, -0.05) is 17.8 Å². The molecule has 0 saturated heterocycles. The van der Waals surface area contributed by atoms with E-state index in [0.29, 0.717) is 6.54 Å². The lowest BCUT2D eigenvalue weighted by Gasteiger charge is -2.22. The highest BCUT2D eigenvalue weighted by atomic mass is 32.2. The quantitative estimate of drug-likeness (QED) is 0.462. The number of aromatic nitrogens is 1. The van der Waals surface area contributed by atoms with Crippen LogP contribution in [0.4, 0.5) is 4.39 Å². The van der Waals surface area contributed by atoms with E-state index in [-0.39, 0.29) is 0 Å². The molecule has 88 valence electrons. The van der Waals surface area contributed by atoms with E-state index in [0.717, 1.165) is 17.3 Å². The topological polar surface area (TPSA) is 28.5 Å². The van der Waals surface area contributed by atoms with Crippen molar-refractivity contribution in [3.63, 3.8) is 0 Å². The molecule has 0 fully saturated rings. The number of hydrogen-bond donors (Lipinski definition) is 0. The molecule has 1 heterocycles. The predicted molar refractivity (Wildman–Crippen MR) is 67.2 cm³/mol. The maximum atomic E-state index is 12.6. The van der Waals surface area contributed by atoms with Crippen molar-refractivity contribution < 1.29 is 4.39 Å². The van der Waals surface area contributed by atoms with Gasteiger partial charge in [-0.3, -0.25) is 4.99 Å². The number of hydrogen-bond acceptors (Lipinski definition) is 3. The van der Waals surface area contributed by atoms with Gasteiger partial charge in [0.15, 0.2) is 5.17 Å². The number of aliphatic imine (C=N–C) groups is 1. The van der Waals surface area contributed by atoms with Gasteiger partial charge in [0.1, 0.15) is 0 Å². The Kier molecular flexibility index (Phi) is 5.25. The van der Waals surface area contributed by atoms with E-state index in [1.165, 1.54) is 6.07 Å². The fourth-order valence-corrected chi connectivity index (χ4v) is 2.03. The third kappa shape index (κ3) is 3.48. The molecular weight excluding hydrogens is 225 g/mol. The average molecular weight is 241 g/mol. The number of amidine groups is 1. The Morgan fingerprint density at radius 2 is 2.31 bits per heavy atom. The van der Waals surface area contributed by atoms with Crippen molar-refractivity contribution in [3.8, 4) is 0 Å². The van der Waals surface area contributed by atoms with Crippen molar-refractivity contribution in [2.24, 2.45) is 4.99 Å². The summed E-state index contributed by atoms with van der Waals surface area (Å²) in [6, 6.07) is 3.13. The van der Waals surface area contributed by atoms with Crippen LogP contribution in [0.1, 0.15) is 12.5 Å². The third-order valence-corrected chi connectivity index (χ3v) is 2.99. The minimum Gasteiger partial charge on any atom is -0.347 e. The van der Waals surface area contributed by atoms with Crippen molar-refractivity contribution in [1.82, 2.24) is 9.88 Å². The van der Waals surface area contributed by atoms with Crippen LogP contribution in [0.5, 0.6) is 0 Å². The fraction of sp³-hybridized carbons (Fsp3) is 0.455. The number of thioether (sulfide) groups is 1. The van der Waals surface area contributed by atoms with Crippen LogP contribution in [-0.2, 0) is 6.54 Å². The molecule has 0 bridgehead atoms. The van der Waals surface area contributed by atoms with E-state index in [1.54, 1.807) is 31.1 Å². The van der Waals surface area contributed by atoms with E-state index in [2.05, 4.69) is 21.8 Å². The van der Waals surface area contributed by atoms with E-state index < -0.39 is 5.95 Å². The number of rotatable bonds is 3. The summed E-state index contributed by atoms with van der Waals surface area (Å²) in [4.78, 5) is 9.96. The molecule has 0 radical (unpaired) electrons. The summed E-state index contributed by atoms with van der Waals surface area (Å²) in [5.74, 6) is -0.443. The molecule has 1 rings (SSSR count). The molecule has 0 aromatic carbocycles. The van der Waals surface area contributed by atoms with Crippen molar-refractivity contribution in [1.29, 1.82) is 0 Å². The first-order chi connectivity index (χ1) is 7.71. The van der Waals surface area contributed by atoms with Gasteiger partial charge in [0, 0.05) is 26.3 Å². The molecule has 0 atom stereocenters. The molecule has 1 aromatic rings. The molecule has 0 amide bonds. The Morgan fingerprint density at radius 1 is 1.56 bits per heavy atom. The summed E-state index contributed by atoms with van der Waals surface area (Å²) in [7, 11) is 1.78. The largest absolute Gasteiger partial charge is 0.347 e. The number of pyridine rings is 1. The lowest BCUT2D eigenvalue weighted by molar-refractivity contribution is 0.441. The van der Waals surface area contributed by atoms with Crippen LogP contribution >= 0.6 is 11.8 Å². The van der Waals surface area contributed by atoms with Gasteiger partial charge in [-0.15, -0.1) is 0 Å². The summed E-state index contributed by atoms with van der Waals surface area (Å²) in [6.07, 6.45) is 3.56. The van der Waals surface area contributed by atoms with E-state index in [9.17, 15) is 4.39 Å². The molecule has 16 heavy (non-hydrogen) atoms. The maximum Gasteiger partial charge on any atom is 0.212 e. The molecule has 0 saturated carbocycles. The van der Waals surface area contributed by atoms with Gasteiger partial charge in [-0.05, 0) is 24.8 Å². The molecule has 0 N–H and O–H groups in total. The Balaban J connectivity index is 2.73. The zero-order valence-electron chi connectivity index (χ0n) is 9.77. The second-order valence-corrected chi connectivity index (χ2v) is 3.99. The van der Waals surface area contributed by atoms with Crippen molar-refractivity contribution >= 4 is 16.9 Å². The number of nitrogens with zero attached hydrogens (tertiary/aromatic N) is 3. The standard InChI is InChI=1S/C11H16FN3S/c1-4-15(11(13-2)16-3)8-9-5-6-10(12)14-7-9/h5-7H,4,8H2,1-3H3/b13-11+. The van der Waals surface area contributed by atoms with Gasteiger partial charge < -0.3 is 4.90 Å². The van der Waals surface area contributed by atoms with Gasteiger partial charge in [0.2, 0.25) is 5.95 Å². The summed E-state index contributed by atoms with van der Waals surface area (Å²) in [5, 5.41) is 0.979. The normalized spacial score (nSPS) is 11.6. The average Bonchev–Trinajstić information content (AvgIpc) is 2.32. The lowest BCUT2D eigenvalue weighted by Crippen LogP contribution is -2.28. The highest BCUT2D eigenvalue weighted by Gasteiger charge is 2.08. The Morgan fingerprint density at radius 3 is 2.75 bits per heavy atom. The smallest absolute Gasteiger partial charge is 0.212 e. The zero-order chi connectivity index (χ0) is 12.0. The summed E-state index contributed by atoms with van der Waals surface area (Å²) in [6.45, 7) is 3.64. The molecule has 5 heteroatoms. The van der Waals surface area contributed by atoms with Crippen LogP contribution in [0, 0.1) is 5.95 Å². The Bertz CT molecular complexity index is 351. The summed E-state index contributed by atoms with van der Waals surface area (Å²) >= 11 is 1.61. The van der Waals surface area contributed by atoms with E-state index >= 15 is 0 Å². The van der Waals surface area contributed by atoms with E-state index in [4.69, 9.17) is 0 Å². The SMILES string of the molecule is CCN(Cc1ccc(F)nc1)/C(=N\C)SC. The number of halogens is 1. The first-order valence-electron chi connectivity index (χ1n) is 5.07. The first kappa shape index (κ1) is 13.0. The monoisotopic (exact) mass is 241 g/mol. The van der Waals surface area contributed by atoms with Crippen molar-refractivity contribution in [3.05, 3.63) is 29.8 Å². The summed E-state index contributed by atoms with van der Waals surface area (Å²) in [5.41, 5.74) is 0.985. The molecule has 0 aliphatic heterocycles. The second-order valence-electron chi connectivity index (χ2n) is 3.21. The van der Waals surface area contributed by atoms with Crippen LogP contribution in [0.2, 0.25) is 0 Å². The van der Waals surface area contributed by atoms with Crippen LogP contribution < -0.4 is 0 Å². The van der Waals surface area contributed by atoms with Crippen LogP contribution in [0.3, 0.4) is 0 Å². The fourth-order valence-electron chi connectivity index (χ4n) is 1.40. The van der Waals surface area contributed by atoms with Gasteiger partial charge >= 0.3 is 0 Å². The maximum absolute atomic E-state index is 12.6. The van der Waals surface area contributed by atoms with Gasteiger partial charge in [-0.25, -0.2) is 4.98 Å². The predicted octanol–water partition coefficient (Wildman–Crippen LogP) is 2.39. The third-order valence-electron chi connectivity index (χ3n) is 2.19. The molecule has 0 unspecified atom stereocenters. The molecule has 0 aliphatic rings. The highest BCUT2D eigenvalue weighted by molar-refractivity contribution is 8.13. The molecule has 3 nitrogen and oxygen atoms in total. The minimum absolute atomic E-state index is 0.443. The second kappa shape index (κ2) is 6.48. The highest BCUT2D eigenvalue weighted by Crippen LogP contribution is 2.10. The van der Waals surface area contributed by atoms with Crippen LogP contribution in [0.25, 0.3) is 0 Å².